The molecule has 1 aromatic heterocycles. The number of para-hydroxylation sites is 1. The first kappa shape index (κ1) is 11.6. The third-order valence-corrected chi connectivity index (χ3v) is 4.41. The molecule has 96 valence electrons. The number of hydrogen-bond acceptors (Lipinski definition) is 3. The van der Waals surface area contributed by atoms with Crippen molar-refractivity contribution < 1.29 is 4.52 Å². The predicted octanol–water partition coefficient (Wildman–Crippen LogP) is 4.06. The Morgan fingerprint density at radius 1 is 1.22 bits per heavy atom. The van der Waals surface area contributed by atoms with Crippen LogP contribution in [0.5, 0.6) is 0 Å². The standard InChI is InChI=1S/C15H20N2O/c1-10-6-5-8-13(11(10)2)16-15-12-7-3-4-9-14(12)18-17-15/h3-4,7,9-11,13H,5-6,8H2,1-2H3,(H,16,17). The maximum Gasteiger partial charge on any atom is 0.177 e. The molecule has 3 unspecified atom stereocenters. The summed E-state index contributed by atoms with van der Waals surface area (Å²) in [6, 6.07) is 8.54. The first-order valence-corrected chi connectivity index (χ1v) is 6.86. The van der Waals surface area contributed by atoms with E-state index in [4.69, 9.17) is 4.52 Å². The lowest BCUT2D eigenvalue weighted by Gasteiger charge is -2.34. The van der Waals surface area contributed by atoms with Crippen molar-refractivity contribution in [3.63, 3.8) is 0 Å². The average molecular weight is 244 g/mol. The van der Waals surface area contributed by atoms with Crippen LogP contribution in [-0.4, -0.2) is 11.2 Å². The fraction of sp³-hybridized carbons (Fsp3) is 0.533. The summed E-state index contributed by atoms with van der Waals surface area (Å²) in [6.45, 7) is 4.68. The number of rotatable bonds is 2. The number of anilines is 1. The molecule has 18 heavy (non-hydrogen) atoms. The highest BCUT2D eigenvalue weighted by Crippen LogP contribution is 2.33. The van der Waals surface area contributed by atoms with E-state index < -0.39 is 0 Å². The molecule has 0 saturated heterocycles. The second-order valence-corrected chi connectivity index (χ2v) is 5.55. The Morgan fingerprint density at radius 3 is 2.94 bits per heavy atom. The molecule has 0 spiro atoms. The summed E-state index contributed by atoms with van der Waals surface area (Å²) in [4.78, 5) is 0. The molecule has 0 aliphatic heterocycles. The largest absolute Gasteiger partial charge is 0.364 e. The summed E-state index contributed by atoms with van der Waals surface area (Å²) in [5.74, 6) is 2.38. The number of benzene rings is 1. The Morgan fingerprint density at radius 2 is 2.06 bits per heavy atom. The molecule has 1 aliphatic carbocycles. The van der Waals surface area contributed by atoms with Crippen LogP contribution in [0.4, 0.5) is 5.82 Å². The summed E-state index contributed by atoms with van der Waals surface area (Å²) in [6.07, 6.45) is 3.88. The third kappa shape index (κ3) is 1.98. The van der Waals surface area contributed by atoms with Crippen LogP contribution in [0.25, 0.3) is 11.0 Å². The fourth-order valence-corrected chi connectivity index (χ4v) is 2.95. The molecule has 0 bridgehead atoms. The highest BCUT2D eigenvalue weighted by molar-refractivity contribution is 5.87. The molecular formula is C15H20N2O. The molecule has 1 saturated carbocycles. The molecule has 0 radical (unpaired) electrons. The normalized spacial score (nSPS) is 28.4. The van der Waals surface area contributed by atoms with E-state index in [-0.39, 0.29) is 0 Å². The van der Waals surface area contributed by atoms with Gasteiger partial charge in [0, 0.05) is 6.04 Å². The lowest BCUT2D eigenvalue weighted by molar-refractivity contribution is 0.252. The van der Waals surface area contributed by atoms with Gasteiger partial charge in [-0.1, -0.05) is 44.0 Å². The number of nitrogens with zero attached hydrogens (tertiary/aromatic N) is 1. The highest BCUT2D eigenvalue weighted by Gasteiger charge is 2.27. The van der Waals surface area contributed by atoms with Crippen molar-refractivity contribution in [2.45, 2.75) is 39.2 Å². The van der Waals surface area contributed by atoms with Crippen molar-refractivity contribution in [1.29, 1.82) is 0 Å². The molecule has 3 nitrogen and oxygen atoms in total. The summed E-state index contributed by atoms with van der Waals surface area (Å²) in [7, 11) is 0. The van der Waals surface area contributed by atoms with Crippen molar-refractivity contribution in [1.82, 2.24) is 5.16 Å². The predicted molar refractivity (Wildman–Crippen MR) is 73.6 cm³/mol. The molecule has 1 heterocycles. The van der Waals surface area contributed by atoms with Crippen LogP contribution >= 0.6 is 0 Å². The van der Waals surface area contributed by atoms with Gasteiger partial charge in [-0.3, -0.25) is 0 Å². The van der Waals surface area contributed by atoms with Crippen LogP contribution in [0.1, 0.15) is 33.1 Å². The van der Waals surface area contributed by atoms with Crippen molar-refractivity contribution >= 4 is 16.8 Å². The minimum atomic E-state index is 0.516. The molecule has 1 N–H and O–H groups in total. The highest BCUT2D eigenvalue weighted by atomic mass is 16.5. The second kappa shape index (κ2) is 4.63. The van der Waals surface area contributed by atoms with Crippen molar-refractivity contribution in [3.8, 4) is 0 Å². The van der Waals surface area contributed by atoms with E-state index in [0.717, 1.165) is 22.7 Å². The van der Waals surface area contributed by atoms with E-state index in [1.807, 2.05) is 18.2 Å². The van der Waals surface area contributed by atoms with Gasteiger partial charge in [-0.2, -0.15) is 0 Å². The maximum atomic E-state index is 5.34. The average Bonchev–Trinajstić information content (AvgIpc) is 2.79. The van der Waals surface area contributed by atoms with Crippen LogP contribution in [0, 0.1) is 11.8 Å². The Hall–Kier alpha value is -1.51. The Kier molecular flexibility index (Phi) is 2.98. The van der Waals surface area contributed by atoms with Gasteiger partial charge >= 0.3 is 0 Å². The second-order valence-electron chi connectivity index (χ2n) is 5.55. The maximum absolute atomic E-state index is 5.34. The van der Waals surface area contributed by atoms with Gasteiger partial charge < -0.3 is 9.84 Å². The zero-order chi connectivity index (χ0) is 12.5. The van der Waals surface area contributed by atoms with Crippen LogP contribution in [0.2, 0.25) is 0 Å². The Balaban J connectivity index is 1.83. The number of aromatic nitrogens is 1. The lowest BCUT2D eigenvalue weighted by Crippen LogP contribution is -2.35. The first-order chi connectivity index (χ1) is 8.75. The van der Waals surface area contributed by atoms with Crippen LogP contribution in [0.15, 0.2) is 28.8 Å². The van der Waals surface area contributed by atoms with Crippen molar-refractivity contribution in [2.24, 2.45) is 11.8 Å². The van der Waals surface area contributed by atoms with Crippen molar-refractivity contribution in [2.75, 3.05) is 5.32 Å². The van der Waals surface area contributed by atoms with Gasteiger partial charge in [0.15, 0.2) is 11.4 Å². The SMILES string of the molecule is CC1CCCC(Nc2noc3ccccc23)C1C. The van der Waals surface area contributed by atoms with Gasteiger partial charge in [0.25, 0.3) is 0 Å². The van der Waals surface area contributed by atoms with Crippen molar-refractivity contribution in [3.05, 3.63) is 24.3 Å². The van der Waals surface area contributed by atoms with Crippen LogP contribution < -0.4 is 5.32 Å². The van der Waals surface area contributed by atoms with Gasteiger partial charge in [0.1, 0.15) is 0 Å². The van der Waals surface area contributed by atoms with Crippen LogP contribution in [-0.2, 0) is 0 Å². The molecule has 2 aromatic rings. The number of nitrogens with one attached hydrogen (secondary N) is 1. The smallest absolute Gasteiger partial charge is 0.177 e. The summed E-state index contributed by atoms with van der Waals surface area (Å²) in [5.41, 5.74) is 0.858. The Bertz CT molecular complexity index is 534. The summed E-state index contributed by atoms with van der Waals surface area (Å²) >= 11 is 0. The van der Waals surface area contributed by atoms with E-state index in [0.29, 0.717) is 12.0 Å². The van der Waals surface area contributed by atoms with Gasteiger partial charge in [-0.25, -0.2) is 0 Å². The van der Waals surface area contributed by atoms with E-state index in [9.17, 15) is 0 Å². The summed E-state index contributed by atoms with van der Waals surface area (Å²) in [5, 5.41) is 8.83. The molecule has 0 amide bonds. The van der Waals surface area contributed by atoms with E-state index in [1.165, 1.54) is 19.3 Å². The Labute approximate surface area is 108 Å². The number of hydrogen-bond donors (Lipinski definition) is 1. The third-order valence-electron chi connectivity index (χ3n) is 4.41. The number of fused-ring (bicyclic) bond motifs is 1. The molecule has 1 aliphatic rings. The topological polar surface area (TPSA) is 38.1 Å². The zero-order valence-corrected chi connectivity index (χ0v) is 11.0. The molecule has 3 heteroatoms. The minimum absolute atomic E-state index is 0.516. The molecular weight excluding hydrogens is 224 g/mol. The minimum Gasteiger partial charge on any atom is -0.364 e. The molecule has 1 aromatic carbocycles. The molecule has 3 rings (SSSR count). The monoisotopic (exact) mass is 244 g/mol. The van der Waals surface area contributed by atoms with Gasteiger partial charge in [0.2, 0.25) is 0 Å². The van der Waals surface area contributed by atoms with Crippen LogP contribution in [0.3, 0.4) is 0 Å². The molecule has 3 atom stereocenters. The fourth-order valence-electron chi connectivity index (χ4n) is 2.95. The van der Waals surface area contributed by atoms with Gasteiger partial charge in [0.05, 0.1) is 5.39 Å². The quantitative estimate of drug-likeness (QED) is 0.865. The van der Waals surface area contributed by atoms with Gasteiger partial charge in [-0.05, 0) is 30.4 Å². The lowest BCUT2D eigenvalue weighted by atomic mass is 9.78. The molecule has 1 fully saturated rings. The van der Waals surface area contributed by atoms with E-state index >= 15 is 0 Å². The van der Waals surface area contributed by atoms with E-state index in [1.54, 1.807) is 0 Å². The first-order valence-electron chi connectivity index (χ1n) is 6.86. The summed E-state index contributed by atoms with van der Waals surface area (Å²) < 4.78 is 5.34. The van der Waals surface area contributed by atoms with E-state index in [2.05, 4.69) is 30.4 Å². The zero-order valence-electron chi connectivity index (χ0n) is 11.0. The van der Waals surface area contributed by atoms with Gasteiger partial charge in [-0.15, -0.1) is 0 Å².